The molecule has 14 rings (SSSR count). The van der Waals surface area contributed by atoms with Crippen LogP contribution in [0.4, 0.5) is 17.1 Å². The number of hydrogen-bond acceptors (Lipinski definition) is 2. The van der Waals surface area contributed by atoms with Crippen LogP contribution in [0.25, 0.3) is 44.2 Å². The molecule has 1 heterocycles. The number of benzene rings is 7. The second-order valence-electron chi connectivity index (χ2n) is 18.6. The van der Waals surface area contributed by atoms with Crippen LogP contribution >= 0.6 is 0 Å². The van der Waals surface area contributed by atoms with Crippen LogP contribution in [0.1, 0.15) is 61.6 Å². The molecule has 2 heteroatoms. The highest BCUT2D eigenvalue weighted by molar-refractivity contribution is 6.07. The van der Waals surface area contributed by atoms with Crippen molar-refractivity contribution in [1.29, 1.82) is 0 Å². The van der Waals surface area contributed by atoms with E-state index in [1.165, 1.54) is 81.8 Å². The number of allylic oxidation sites excluding steroid dienone is 2. The molecule has 1 spiro atoms. The van der Waals surface area contributed by atoms with E-state index in [9.17, 15) is 0 Å². The first kappa shape index (κ1) is 33.8. The van der Waals surface area contributed by atoms with Gasteiger partial charge in [-0.05, 0) is 155 Å². The maximum Gasteiger partial charge on any atom is 0.135 e. The van der Waals surface area contributed by atoms with E-state index in [4.69, 9.17) is 4.74 Å². The Morgan fingerprint density at radius 1 is 0.525 bits per heavy atom. The number of anilines is 3. The molecule has 6 aliphatic carbocycles. The van der Waals surface area contributed by atoms with Crippen LogP contribution in [0, 0.1) is 23.7 Å². The molecule has 2 unspecified atom stereocenters. The molecular weight excluding hydrogens is 715 g/mol. The molecule has 2 nitrogen and oxygen atoms in total. The molecule has 286 valence electrons. The molecule has 4 fully saturated rings. The Bertz CT molecular complexity index is 2870. The van der Waals surface area contributed by atoms with Crippen molar-refractivity contribution < 1.29 is 4.74 Å². The van der Waals surface area contributed by atoms with Crippen LogP contribution in [0.3, 0.4) is 0 Å². The molecule has 4 bridgehead atoms. The van der Waals surface area contributed by atoms with E-state index in [0.717, 1.165) is 46.5 Å². The van der Waals surface area contributed by atoms with Crippen LogP contribution < -0.4 is 9.64 Å². The van der Waals surface area contributed by atoms with E-state index >= 15 is 0 Å². The lowest BCUT2D eigenvalue weighted by atomic mass is 9.43. The maximum absolute atomic E-state index is 6.77. The zero-order valence-corrected chi connectivity index (χ0v) is 33.5. The van der Waals surface area contributed by atoms with E-state index in [1.807, 2.05) is 0 Å². The first-order valence-corrected chi connectivity index (χ1v) is 22.0. The third-order valence-corrected chi connectivity index (χ3v) is 15.6. The van der Waals surface area contributed by atoms with Crippen LogP contribution in [0.2, 0.25) is 0 Å². The zero-order chi connectivity index (χ0) is 38.9. The molecular formula is C57H47NO. The van der Waals surface area contributed by atoms with Gasteiger partial charge in [-0.3, -0.25) is 0 Å². The molecule has 7 aromatic rings. The number of nitrogens with zero attached hydrogens (tertiary/aromatic N) is 1. The molecule has 4 saturated carbocycles. The standard InChI is InChI=1S/C57H47NO/c1-56-29-10-9-18-51(56)55-53(19-11-20-54(55)59-56)58(43-24-21-39(22-25-43)38-12-3-2-4-13-38)52-28-26-44(45-14-5-6-16-47(45)52)40-23-27-50-48(35-40)46-15-7-8-17-49(46)57(50)41-31-36-30-37(33-41)34-42(57)32-36/h2-29,35-37,41-42,51H,30-34H2,1H3. The predicted molar refractivity (Wildman–Crippen MR) is 243 cm³/mol. The van der Waals surface area contributed by atoms with Crippen molar-refractivity contribution >= 4 is 27.8 Å². The van der Waals surface area contributed by atoms with Crippen molar-refractivity contribution in [3.63, 3.8) is 0 Å². The highest BCUT2D eigenvalue weighted by Crippen LogP contribution is 2.69. The second kappa shape index (κ2) is 12.4. The summed E-state index contributed by atoms with van der Waals surface area (Å²) in [4.78, 5) is 2.48. The average Bonchev–Trinajstić information content (AvgIpc) is 3.75. The summed E-state index contributed by atoms with van der Waals surface area (Å²) in [5.74, 6) is 4.46. The number of ether oxygens (including phenoxy) is 1. The Balaban J connectivity index is 0.978. The van der Waals surface area contributed by atoms with Gasteiger partial charge in [0.1, 0.15) is 11.4 Å². The van der Waals surface area contributed by atoms with E-state index in [2.05, 4.69) is 188 Å². The molecule has 0 radical (unpaired) electrons. The van der Waals surface area contributed by atoms with Crippen molar-refractivity contribution in [2.24, 2.45) is 23.7 Å². The van der Waals surface area contributed by atoms with Gasteiger partial charge in [-0.2, -0.15) is 0 Å². The lowest BCUT2D eigenvalue weighted by Gasteiger charge is -2.61. The first-order chi connectivity index (χ1) is 29.1. The van der Waals surface area contributed by atoms with Gasteiger partial charge in [0, 0.05) is 22.1 Å². The molecule has 0 amide bonds. The Hall–Kier alpha value is -6.12. The molecule has 7 aromatic carbocycles. The van der Waals surface area contributed by atoms with Gasteiger partial charge in [0.05, 0.1) is 17.3 Å². The van der Waals surface area contributed by atoms with Crippen LogP contribution in [0.15, 0.2) is 176 Å². The summed E-state index contributed by atoms with van der Waals surface area (Å²) < 4.78 is 6.77. The Kier molecular flexibility index (Phi) is 7.13. The van der Waals surface area contributed by atoms with Gasteiger partial charge >= 0.3 is 0 Å². The fourth-order valence-corrected chi connectivity index (χ4v) is 13.5. The smallest absolute Gasteiger partial charge is 0.135 e. The molecule has 2 atom stereocenters. The lowest BCUT2D eigenvalue weighted by Crippen LogP contribution is -2.55. The highest BCUT2D eigenvalue weighted by atomic mass is 16.5. The first-order valence-electron chi connectivity index (χ1n) is 22.0. The summed E-state index contributed by atoms with van der Waals surface area (Å²) in [5, 5.41) is 2.49. The normalized spacial score (nSPS) is 27.4. The van der Waals surface area contributed by atoms with Crippen molar-refractivity contribution in [2.75, 3.05) is 4.90 Å². The van der Waals surface area contributed by atoms with E-state index in [-0.39, 0.29) is 11.3 Å². The van der Waals surface area contributed by atoms with Crippen molar-refractivity contribution in [1.82, 2.24) is 0 Å². The van der Waals surface area contributed by atoms with Gasteiger partial charge in [-0.1, -0.05) is 133 Å². The predicted octanol–water partition coefficient (Wildman–Crippen LogP) is 14.7. The summed E-state index contributed by atoms with van der Waals surface area (Å²) in [6.07, 6.45) is 15.9. The number of hydrogen-bond donors (Lipinski definition) is 0. The minimum absolute atomic E-state index is 0.0994. The quantitative estimate of drug-likeness (QED) is 0.173. The minimum Gasteiger partial charge on any atom is -0.482 e. The van der Waals surface area contributed by atoms with Gasteiger partial charge in [0.25, 0.3) is 0 Å². The largest absolute Gasteiger partial charge is 0.482 e. The van der Waals surface area contributed by atoms with Crippen molar-refractivity contribution in [2.45, 2.75) is 56.0 Å². The third kappa shape index (κ3) is 4.75. The second-order valence-corrected chi connectivity index (χ2v) is 18.6. The van der Waals surface area contributed by atoms with E-state index in [1.54, 1.807) is 11.1 Å². The van der Waals surface area contributed by atoms with Crippen molar-refractivity contribution in [3.05, 3.63) is 193 Å². The molecule has 0 aromatic heterocycles. The minimum atomic E-state index is -0.427. The maximum atomic E-state index is 6.77. The van der Waals surface area contributed by atoms with Gasteiger partial charge in [0.2, 0.25) is 0 Å². The fraction of sp³-hybridized carbons (Fsp3) is 0.228. The monoisotopic (exact) mass is 761 g/mol. The molecule has 0 N–H and O–H groups in total. The van der Waals surface area contributed by atoms with Crippen molar-refractivity contribution in [3.8, 4) is 39.1 Å². The summed E-state index contributed by atoms with van der Waals surface area (Å²) >= 11 is 0. The van der Waals surface area contributed by atoms with Crippen LogP contribution in [-0.2, 0) is 5.41 Å². The average molecular weight is 762 g/mol. The zero-order valence-electron chi connectivity index (χ0n) is 33.5. The van der Waals surface area contributed by atoms with Gasteiger partial charge in [-0.25, -0.2) is 0 Å². The van der Waals surface area contributed by atoms with Gasteiger partial charge in [-0.15, -0.1) is 0 Å². The summed E-state index contributed by atoms with van der Waals surface area (Å²) in [7, 11) is 0. The summed E-state index contributed by atoms with van der Waals surface area (Å²) in [5.41, 5.74) is 15.6. The molecule has 1 aliphatic heterocycles. The number of rotatable bonds is 5. The van der Waals surface area contributed by atoms with Crippen LogP contribution in [0.5, 0.6) is 5.75 Å². The molecule has 59 heavy (non-hydrogen) atoms. The van der Waals surface area contributed by atoms with Crippen LogP contribution in [-0.4, -0.2) is 5.60 Å². The van der Waals surface area contributed by atoms with E-state index < -0.39 is 5.60 Å². The third-order valence-electron chi connectivity index (χ3n) is 15.6. The Morgan fingerprint density at radius 2 is 1.22 bits per heavy atom. The Morgan fingerprint density at radius 3 is 2.03 bits per heavy atom. The summed E-state index contributed by atoms with van der Waals surface area (Å²) in [6, 6.07) is 57.2. The molecule has 0 saturated heterocycles. The van der Waals surface area contributed by atoms with Gasteiger partial charge in [0.15, 0.2) is 0 Å². The molecule has 7 aliphatic rings. The fourth-order valence-electron chi connectivity index (χ4n) is 13.5. The lowest BCUT2D eigenvalue weighted by molar-refractivity contribution is -0.0399. The highest BCUT2D eigenvalue weighted by Gasteiger charge is 2.61. The number of fused-ring (bicyclic) bond motifs is 7. The summed E-state index contributed by atoms with van der Waals surface area (Å²) in [6.45, 7) is 2.21. The van der Waals surface area contributed by atoms with Gasteiger partial charge < -0.3 is 9.64 Å². The SMILES string of the molecule is CC12C=CC=CC1c1c(cccc1N(c1ccc(-c3ccccc3)cc1)c1ccc(-c3ccc4c(c3)-c3ccccc3C43C4CC5CC(C4)CC3C5)c3ccccc13)O2. The van der Waals surface area contributed by atoms with E-state index in [0.29, 0.717) is 0 Å². The Labute approximate surface area is 347 Å². The topological polar surface area (TPSA) is 12.5 Å².